The van der Waals surface area contributed by atoms with Crippen LogP contribution in [0.25, 0.3) is 10.2 Å². The molecule has 3 heterocycles. The smallest absolute Gasteiger partial charge is 0.295 e. The van der Waals surface area contributed by atoms with Crippen molar-refractivity contribution in [1.29, 1.82) is 0 Å². The van der Waals surface area contributed by atoms with Gasteiger partial charge in [0.15, 0.2) is 10.9 Å². The van der Waals surface area contributed by atoms with E-state index in [1.54, 1.807) is 28.4 Å². The van der Waals surface area contributed by atoms with E-state index in [1.807, 2.05) is 0 Å². The first-order chi connectivity index (χ1) is 13.1. The number of aryl methyl sites for hydroxylation is 2. The van der Waals surface area contributed by atoms with Gasteiger partial charge in [0.05, 0.1) is 29.7 Å². The van der Waals surface area contributed by atoms with Gasteiger partial charge in [-0.05, 0) is 43.2 Å². The summed E-state index contributed by atoms with van der Waals surface area (Å²) in [5.74, 6) is 0.186. The lowest BCUT2D eigenvalue weighted by Crippen LogP contribution is -2.43. The molecule has 2 aromatic heterocycles. The summed E-state index contributed by atoms with van der Waals surface area (Å²) in [6.07, 6.45) is 1.53. The molecule has 1 aromatic carbocycles. The number of amides is 1. The lowest BCUT2D eigenvalue weighted by Gasteiger charge is -2.28. The summed E-state index contributed by atoms with van der Waals surface area (Å²) < 4.78 is 11.9. The standard InChI is InChI=1S/C20H23N3O3S/c1-14-5-6-17-18(15(14)2)21-20(27-17)23(19(24)16-4-3-11-26-16)8-7-22-9-12-25-13-10-22/h3-6,11H,7-10,12-13H2,1-2H3. The third kappa shape index (κ3) is 3.76. The molecule has 142 valence electrons. The largest absolute Gasteiger partial charge is 0.459 e. The van der Waals surface area contributed by atoms with Gasteiger partial charge in [0, 0.05) is 26.2 Å². The molecule has 0 spiro atoms. The minimum absolute atomic E-state index is 0.151. The summed E-state index contributed by atoms with van der Waals surface area (Å²) in [4.78, 5) is 21.9. The Bertz CT molecular complexity index is 930. The number of rotatable bonds is 5. The molecule has 0 bridgehead atoms. The van der Waals surface area contributed by atoms with Crippen molar-refractivity contribution < 1.29 is 13.9 Å². The van der Waals surface area contributed by atoms with Crippen LogP contribution in [0.1, 0.15) is 21.7 Å². The molecule has 0 atom stereocenters. The van der Waals surface area contributed by atoms with Crippen LogP contribution in [0.15, 0.2) is 34.9 Å². The van der Waals surface area contributed by atoms with E-state index in [2.05, 4.69) is 30.9 Å². The number of ether oxygens (including phenoxy) is 1. The second kappa shape index (κ2) is 7.80. The zero-order valence-electron chi connectivity index (χ0n) is 15.6. The van der Waals surface area contributed by atoms with Crippen LogP contribution >= 0.6 is 11.3 Å². The number of furan rings is 1. The van der Waals surface area contributed by atoms with Gasteiger partial charge >= 0.3 is 0 Å². The highest BCUT2D eigenvalue weighted by Crippen LogP contribution is 2.32. The quantitative estimate of drug-likeness (QED) is 0.673. The molecule has 0 unspecified atom stereocenters. The van der Waals surface area contributed by atoms with Gasteiger partial charge in [-0.2, -0.15) is 0 Å². The van der Waals surface area contributed by atoms with E-state index in [0.717, 1.165) is 48.6 Å². The van der Waals surface area contributed by atoms with Crippen LogP contribution in [0.5, 0.6) is 0 Å². The number of thiazole rings is 1. The van der Waals surface area contributed by atoms with E-state index < -0.39 is 0 Å². The number of hydrogen-bond acceptors (Lipinski definition) is 6. The predicted octanol–water partition coefficient (Wildman–Crippen LogP) is 3.49. The van der Waals surface area contributed by atoms with Gasteiger partial charge in [0.25, 0.3) is 5.91 Å². The summed E-state index contributed by atoms with van der Waals surface area (Å²) in [6.45, 7) is 8.77. The SMILES string of the molecule is Cc1ccc2sc(N(CCN3CCOCC3)C(=O)c3ccco3)nc2c1C. The van der Waals surface area contributed by atoms with E-state index in [-0.39, 0.29) is 5.91 Å². The number of carbonyl (C=O) groups excluding carboxylic acids is 1. The van der Waals surface area contributed by atoms with Crippen LogP contribution < -0.4 is 4.90 Å². The first-order valence-electron chi connectivity index (χ1n) is 9.15. The lowest BCUT2D eigenvalue weighted by molar-refractivity contribution is 0.0390. The van der Waals surface area contributed by atoms with Gasteiger partial charge in [-0.15, -0.1) is 0 Å². The van der Waals surface area contributed by atoms with E-state index in [0.29, 0.717) is 17.4 Å². The molecular weight excluding hydrogens is 362 g/mol. The van der Waals surface area contributed by atoms with Crippen molar-refractivity contribution in [3.63, 3.8) is 0 Å². The molecule has 1 saturated heterocycles. The maximum Gasteiger partial charge on any atom is 0.295 e. The number of anilines is 1. The Morgan fingerprint density at radius 1 is 1.26 bits per heavy atom. The van der Waals surface area contributed by atoms with Crippen molar-refractivity contribution in [2.45, 2.75) is 13.8 Å². The first-order valence-corrected chi connectivity index (χ1v) is 9.97. The lowest BCUT2D eigenvalue weighted by atomic mass is 10.1. The molecule has 1 aliphatic rings. The molecule has 6 nitrogen and oxygen atoms in total. The fourth-order valence-corrected chi connectivity index (χ4v) is 4.26. The van der Waals surface area contributed by atoms with Crippen molar-refractivity contribution in [3.8, 4) is 0 Å². The van der Waals surface area contributed by atoms with Crippen LogP contribution in [0.4, 0.5) is 5.13 Å². The summed E-state index contributed by atoms with van der Waals surface area (Å²) in [5.41, 5.74) is 3.34. The minimum atomic E-state index is -0.151. The molecule has 0 radical (unpaired) electrons. The maximum absolute atomic E-state index is 13.1. The molecule has 3 aromatic rings. The Labute approximate surface area is 162 Å². The zero-order valence-corrected chi connectivity index (χ0v) is 16.4. The van der Waals surface area contributed by atoms with Crippen molar-refractivity contribution in [2.75, 3.05) is 44.3 Å². The van der Waals surface area contributed by atoms with Crippen molar-refractivity contribution in [1.82, 2.24) is 9.88 Å². The molecule has 1 fully saturated rings. The van der Waals surface area contributed by atoms with Crippen LogP contribution in [-0.4, -0.2) is 55.2 Å². The van der Waals surface area contributed by atoms with Gasteiger partial charge in [-0.25, -0.2) is 4.98 Å². The summed E-state index contributed by atoms with van der Waals surface area (Å²) in [7, 11) is 0. The van der Waals surface area contributed by atoms with Gasteiger partial charge in [0.2, 0.25) is 0 Å². The number of hydrogen-bond donors (Lipinski definition) is 0. The summed E-state index contributed by atoms with van der Waals surface area (Å²) >= 11 is 1.55. The number of aromatic nitrogens is 1. The second-order valence-corrected chi connectivity index (χ2v) is 7.75. The van der Waals surface area contributed by atoms with Gasteiger partial charge < -0.3 is 9.15 Å². The summed E-state index contributed by atoms with van der Waals surface area (Å²) in [5, 5.41) is 0.716. The monoisotopic (exact) mass is 385 g/mol. The fraction of sp³-hybridized carbons (Fsp3) is 0.400. The van der Waals surface area contributed by atoms with E-state index in [9.17, 15) is 4.79 Å². The second-order valence-electron chi connectivity index (χ2n) is 6.74. The minimum Gasteiger partial charge on any atom is -0.459 e. The highest BCUT2D eigenvalue weighted by atomic mass is 32.1. The fourth-order valence-electron chi connectivity index (χ4n) is 3.21. The Kier molecular flexibility index (Phi) is 5.24. The average Bonchev–Trinajstić information content (AvgIpc) is 3.36. The third-order valence-electron chi connectivity index (χ3n) is 5.03. The first kappa shape index (κ1) is 18.2. The Morgan fingerprint density at radius 3 is 2.81 bits per heavy atom. The Hall–Kier alpha value is -2.22. The number of benzene rings is 1. The van der Waals surface area contributed by atoms with Gasteiger partial charge in [0.1, 0.15) is 0 Å². The molecule has 0 N–H and O–H groups in total. The highest BCUT2D eigenvalue weighted by Gasteiger charge is 2.24. The molecule has 1 amide bonds. The van der Waals surface area contributed by atoms with Crippen molar-refractivity contribution in [3.05, 3.63) is 47.4 Å². The van der Waals surface area contributed by atoms with Crippen LogP contribution in [-0.2, 0) is 4.74 Å². The molecule has 27 heavy (non-hydrogen) atoms. The molecule has 1 aliphatic heterocycles. The topological polar surface area (TPSA) is 58.8 Å². The summed E-state index contributed by atoms with van der Waals surface area (Å²) in [6, 6.07) is 7.62. The highest BCUT2D eigenvalue weighted by molar-refractivity contribution is 7.22. The van der Waals surface area contributed by atoms with E-state index in [4.69, 9.17) is 14.1 Å². The third-order valence-corrected chi connectivity index (χ3v) is 6.07. The number of fused-ring (bicyclic) bond motifs is 1. The Morgan fingerprint density at radius 2 is 2.07 bits per heavy atom. The van der Waals surface area contributed by atoms with E-state index in [1.165, 1.54) is 11.8 Å². The number of carbonyl (C=O) groups is 1. The van der Waals surface area contributed by atoms with Crippen LogP contribution in [0.3, 0.4) is 0 Å². The van der Waals surface area contributed by atoms with Gasteiger partial charge in [-0.1, -0.05) is 17.4 Å². The molecular formula is C20H23N3O3S. The maximum atomic E-state index is 13.1. The molecule has 7 heteroatoms. The van der Waals surface area contributed by atoms with Crippen molar-refractivity contribution >= 4 is 32.6 Å². The number of morpholine rings is 1. The van der Waals surface area contributed by atoms with E-state index >= 15 is 0 Å². The zero-order chi connectivity index (χ0) is 18.8. The van der Waals surface area contributed by atoms with Crippen molar-refractivity contribution in [2.24, 2.45) is 0 Å². The normalized spacial score (nSPS) is 15.3. The molecule has 0 saturated carbocycles. The Balaban J connectivity index is 1.64. The van der Waals surface area contributed by atoms with Crippen LogP contribution in [0, 0.1) is 13.8 Å². The molecule has 4 rings (SSSR count). The number of nitrogens with zero attached hydrogens (tertiary/aromatic N) is 3. The average molecular weight is 385 g/mol. The van der Waals surface area contributed by atoms with Gasteiger partial charge in [-0.3, -0.25) is 14.6 Å². The predicted molar refractivity (Wildman–Crippen MR) is 107 cm³/mol. The van der Waals surface area contributed by atoms with Crippen LogP contribution in [0.2, 0.25) is 0 Å². The molecule has 0 aliphatic carbocycles.